The minimum Gasteiger partial charge on any atom is -0.320 e. The molecule has 0 bridgehead atoms. The van der Waals surface area contributed by atoms with Crippen LogP contribution in [0.15, 0.2) is 40.9 Å². The van der Waals surface area contributed by atoms with Gasteiger partial charge in [0.2, 0.25) is 0 Å². The Balaban J connectivity index is 2.29. The van der Waals surface area contributed by atoms with Gasteiger partial charge in [-0.05, 0) is 46.3 Å². The maximum Gasteiger partial charge on any atom is 0.416 e. The van der Waals surface area contributed by atoms with Gasteiger partial charge in [-0.25, -0.2) is 4.98 Å². The second-order valence-corrected chi connectivity index (χ2v) is 5.23. The first-order valence-electron chi connectivity index (χ1n) is 5.58. The van der Waals surface area contributed by atoms with E-state index in [1.54, 1.807) is 0 Å². The molecule has 0 spiro atoms. The van der Waals surface area contributed by atoms with Crippen molar-refractivity contribution in [2.45, 2.75) is 6.18 Å². The van der Waals surface area contributed by atoms with E-state index in [0.29, 0.717) is 4.47 Å². The number of carbonyl (C=O) groups is 1. The zero-order valence-corrected chi connectivity index (χ0v) is 12.6. The fraction of sp³-hybridized carbons (Fsp3) is 0.0769. The normalized spacial score (nSPS) is 11.3. The van der Waals surface area contributed by atoms with Crippen molar-refractivity contribution in [3.63, 3.8) is 0 Å². The molecule has 1 amide bonds. The lowest BCUT2D eigenvalue weighted by molar-refractivity contribution is -0.137. The van der Waals surface area contributed by atoms with Crippen molar-refractivity contribution < 1.29 is 18.0 Å². The van der Waals surface area contributed by atoms with Gasteiger partial charge in [0.05, 0.1) is 11.3 Å². The zero-order chi connectivity index (χ0) is 15.6. The lowest BCUT2D eigenvalue weighted by Gasteiger charge is -2.11. The number of hydrogen-bond acceptors (Lipinski definition) is 2. The Bertz CT molecular complexity index is 691. The quantitative estimate of drug-likeness (QED) is 0.764. The molecular formula is C13H7BrClF3N2O. The number of rotatable bonds is 2. The van der Waals surface area contributed by atoms with E-state index < -0.39 is 17.6 Å². The molecule has 1 heterocycles. The fourth-order valence-corrected chi connectivity index (χ4v) is 2.03. The highest BCUT2D eigenvalue weighted by atomic mass is 79.9. The van der Waals surface area contributed by atoms with E-state index in [1.807, 2.05) is 0 Å². The molecule has 0 radical (unpaired) electrons. The van der Waals surface area contributed by atoms with Crippen molar-refractivity contribution >= 4 is 39.1 Å². The molecule has 0 saturated heterocycles. The van der Waals surface area contributed by atoms with Crippen molar-refractivity contribution in [3.8, 4) is 0 Å². The van der Waals surface area contributed by atoms with Gasteiger partial charge >= 0.3 is 6.18 Å². The third-order valence-corrected chi connectivity index (χ3v) is 3.39. The van der Waals surface area contributed by atoms with E-state index in [-0.39, 0.29) is 16.5 Å². The smallest absolute Gasteiger partial charge is 0.320 e. The average molecular weight is 380 g/mol. The second kappa shape index (κ2) is 6.03. The number of carbonyl (C=O) groups excluding carboxylic acids is 1. The Morgan fingerprint density at radius 3 is 2.57 bits per heavy atom. The number of nitrogens with one attached hydrogen (secondary N) is 1. The van der Waals surface area contributed by atoms with E-state index in [2.05, 4.69) is 26.2 Å². The molecule has 2 rings (SSSR count). The lowest BCUT2D eigenvalue weighted by Crippen LogP contribution is -2.15. The van der Waals surface area contributed by atoms with Crippen molar-refractivity contribution in [2.75, 3.05) is 5.32 Å². The van der Waals surface area contributed by atoms with Gasteiger partial charge in [0, 0.05) is 4.47 Å². The molecule has 0 atom stereocenters. The molecule has 8 heteroatoms. The molecule has 110 valence electrons. The van der Waals surface area contributed by atoms with Crippen LogP contribution >= 0.6 is 27.5 Å². The first kappa shape index (κ1) is 15.8. The van der Waals surface area contributed by atoms with Crippen LogP contribution in [0, 0.1) is 0 Å². The van der Waals surface area contributed by atoms with Gasteiger partial charge in [-0.15, -0.1) is 0 Å². The minimum atomic E-state index is -4.49. The van der Waals surface area contributed by atoms with Gasteiger partial charge in [0.1, 0.15) is 10.8 Å². The highest BCUT2D eigenvalue weighted by molar-refractivity contribution is 9.10. The maximum atomic E-state index is 12.7. The zero-order valence-electron chi connectivity index (χ0n) is 10.2. The molecule has 0 saturated carbocycles. The lowest BCUT2D eigenvalue weighted by atomic mass is 10.2. The van der Waals surface area contributed by atoms with Gasteiger partial charge in [-0.3, -0.25) is 4.79 Å². The van der Waals surface area contributed by atoms with Crippen LogP contribution in [0.3, 0.4) is 0 Å². The molecule has 2 aromatic rings. The van der Waals surface area contributed by atoms with Crippen LogP contribution < -0.4 is 5.32 Å². The van der Waals surface area contributed by atoms with Crippen LogP contribution in [0.4, 0.5) is 18.9 Å². The third kappa shape index (κ3) is 3.95. The van der Waals surface area contributed by atoms with Crippen LogP contribution in [0.5, 0.6) is 0 Å². The van der Waals surface area contributed by atoms with E-state index in [1.165, 1.54) is 24.3 Å². The monoisotopic (exact) mass is 378 g/mol. The first-order chi connectivity index (χ1) is 9.77. The molecule has 0 fully saturated rings. The van der Waals surface area contributed by atoms with Crippen LogP contribution in [0.1, 0.15) is 16.1 Å². The molecular weight excluding hydrogens is 373 g/mol. The van der Waals surface area contributed by atoms with E-state index in [0.717, 1.165) is 12.1 Å². The molecule has 1 N–H and O–H groups in total. The molecule has 21 heavy (non-hydrogen) atoms. The average Bonchev–Trinajstić information content (AvgIpc) is 2.40. The summed E-state index contributed by atoms with van der Waals surface area (Å²) in [5, 5.41) is 2.48. The molecule has 3 nitrogen and oxygen atoms in total. The van der Waals surface area contributed by atoms with Crippen molar-refractivity contribution in [1.29, 1.82) is 0 Å². The van der Waals surface area contributed by atoms with Gasteiger partial charge in [0.25, 0.3) is 5.91 Å². The largest absolute Gasteiger partial charge is 0.416 e. The predicted octanol–water partition coefficient (Wildman–Crippen LogP) is 4.77. The first-order valence-corrected chi connectivity index (χ1v) is 6.75. The summed E-state index contributed by atoms with van der Waals surface area (Å²) in [5.74, 6) is -0.655. The van der Waals surface area contributed by atoms with Crippen LogP contribution in [0.25, 0.3) is 0 Å². The van der Waals surface area contributed by atoms with Gasteiger partial charge in [0.15, 0.2) is 0 Å². The number of amides is 1. The number of hydrogen-bond donors (Lipinski definition) is 1. The third-order valence-electron chi connectivity index (χ3n) is 2.49. The number of anilines is 1. The number of aromatic nitrogens is 1. The molecule has 0 aliphatic rings. The molecule has 1 aromatic carbocycles. The van der Waals surface area contributed by atoms with E-state index in [9.17, 15) is 18.0 Å². The summed E-state index contributed by atoms with van der Waals surface area (Å²) in [7, 11) is 0. The number of alkyl halides is 3. The Labute approximate surface area is 131 Å². The number of nitrogens with zero attached hydrogens (tertiary/aromatic N) is 1. The van der Waals surface area contributed by atoms with Crippen molar-refractivity contribution in [2.24, 2.45) is 0 Å². The standard InChI is InChI=1S/C13H7BrClF3N2O/c14-8-5-4-7(13(16,17)18)6-10(8)20-12(21)9-2-1-3-11(15)19-9/h1-6H,(H,20,21). The second-order valence-electron chi connectivity index (χ2n) is 3.99. The summed E-state index contributed by atoms with van der Waals surface area (Å²) in [6, 6.07) is 7.38. The molecule has 0 aliphatic heterocycles. The van der Waals surface area contributed by atoms with Gasteiger partial charge < -0.3 is 5.32 Å². The highest BCUT2D eigenvalue weighted by Crippen LogP contribution is 2.34. The van der Waals surface area contributed by atoms with Crippen molar-refractivity contribution in [1.82, 2.24) is 4.98 Å². The van der Waals surface area contributed by atoms with Crippen LogP contribution in [-0.2, 0) is 6.18 Å². The Morgan fingerprint density at radius 2 is 1.95 bits per heavy atom. The van der Waals surface area contributed by atoms with Crippen LogP contribution in [0.2, 0.25) is 5.15 Å². The Morgan fingerprint density at radius 1 is 1.24 bits per heavy atom. The van der Waals surface area contributed by atoms with E-state index in [4.69, 9.17) is 11.6 Å². The number of halogens is 5. The van der Waals surface area contributed by atoms with Crippen LogP contribution in [-0.4, -0.2) is 10.9 Å². The molecule has 0 aliphatic carbocycles. The van der Waals surface area contributed by atoms with Gasteiger partial charge in [-0.2, -0.15) is 13.2 Å². The highest BCUT2D eigenvalue weighted by Gasteiger charge is 2.31. The Kier molecular flexibility index (Phi) is 4.53. The maximum absolute atomic E-state index is 12.7. The minimum absolute atomic E-state index is 0.00315. The molecule has 1 aromatic heterocycles. The number of pyridine rings is 1. The summed E-state index contributed by atoms with van der Waals surface area (Å²) >= 11 is 8.74. The summed E-state index contributed by atoms with van der Waals surface area (Å²) in [5.41, 5.74) is -0.858. The summed E-state index contributed by atoms with van der Waals surface area (Å²) in [6.45, 7) is 0. The SMILES string of the molecule is O=C(Nc1cc(C(F)(F)F)ccc1Br)c1cccc(Cl)n1. The van der Waals surface area contributed by atoms with Gasteiger partial charge in [-0.1, -0.05) is 17.7 Å². The predicted molar refractivity (Wildman–Crippen MR) is 76.3 cm³/mol. The fourth-order valence-electron chi connectivity index (χ4n) is 1.52. The van der Waals surface area contributed by atoms with Crippen molar-refractivity contribution in [3.05, 3.63) is 57.3 Å². The summed E-state index contributed by atoms with van der Waals surface area (Å²) in [6.07, 6.45) is -4.49. The topological polar surface area (TPSA) is 42.0 Å². The Hall–Kier alpha value is -1.60. The summed E-state index contributed by atoms with van der Waals surface area (Å²) < 4.78 is 38.3. The van der Waals surface area contributed by atoms with E-state index >= 15 is 0 Å². The summed E-state index contributed by atoms with van der Waals surface area (Å²) in [4.78, 5) is 15.7. The molecule has 0 unspecified atom stereocenters. The number of benzene rings is 1.